The monoisotopic (exact) mass is 357 g/mol. The number of halogens is 1. The summed E-state index contributed by atoms with van der Waals surface area (Å²) in [7, 11) is 0. The van der Waals surface area contributed by atoms with Gasteiger partial charge in [-0.25, -0.2) is 4.39 Å². The second-order valence-electron chi connectivity index (χ2n) is 6.82. The number of para-hydroxylation sites is 1. The highest BCUT2D eigenvalue weighted by Gasteiger charge is 2.18. The second-order valence-corrected chi connectivity index (χ2v) is 6.82. The van der Waals surface area contributed by atoms with Crippen LogP contribution in [0, 0.1) is 25.6 Å². The molecule has 1 heterocycles. The van der Waals surface area contributed by atoms with Crippen molar-refractivity contribution in [1.82, 2.24) is 9.97 Å². The van der Waals surface area contributed by atoms with E-state index in [2.05, 4.69) is 15.3 Å². The minimum Gasteiger partial charge on any atom is -0.421 e. The Hall–Kier alpha value is -2.50. The van der Waals surface area contributed by atoms with Crippen molar-refractivity contribution < 1.29 is 13.9 Å². The van der Waals surface area contributed by atoms with E-state index in [1.54, 1.807) is 26.0 Å². The molecule has 0 saturated heterocycles. The van der Waals surface area contributed by atoms with Gasteiger partial charge in [0.25, 0.3) is 0 Å². The number of hydrogen-bond donors (Lipinski definition) is 1. The fourth-order valence-corrected chi connectivity index (χ4v) is 3.37. The van der Waals surface area contributed by atoms with Crippen LogP contribution in [-0.4, -0.2) is 15.9 Å². The van der Waals surface area contributed by atoms with Crippen molar-refractivity contribution in [3.8, 4) is 11.8 Å². The molecule has 1 aromatic carbocycles. The van der Waals surface area contributed by atoms with Crippen molar-refractivity contribution in [2.75, 3.05) is 5.32 Å². The summed E-state index contributed by atoms with van der Waals surface area (Å²) in [5, 5.41) is 2.91. The van der Waals surface area contributed by atoms with Gasteiger partial charge in [0.2, 0.25) is 5.91 Å². The van der Waals surface area contributed by atoms with Crippen LogP contribution >= 0.6 is 0 Å². The maximum atomic E-state index is 13.7. The normalized spacial score (nSPS) is 14.4. The van der Waals surface area contributed by atoms with Crippen molar-refractivity contribution in [3.05, 3.63) is 41.5 Å². The Morgan fingerprint density at radius 2 is 1.85 bits per heavy atom. The third-order valence-corrected chi connectivity index (χ3v) is 4.81. The van der Waals surface area contributed by atoms with E-state index in [1.165, 1.54) is 37.8 Å². The molecule has 0 atom stereocenters. The maximum Gasteiger partial charge on any atom is 0.322 e. The van der Waals surface area contributed by atoms with E-state index in [9.17, 15) is 9.18 Å². The van der Waals surface area contributed by atoms with Gasteiger partial charge in [0.15, 0.2) is 11.6 Å². The van der Waals surface area contributed by atoms with Crippen LogP contribution in [0.1, 0.15) is 49.9 Å². The summed E-state index contributed by atoms with van der Waals surface area (Å²) in [6, 6.07) is 6.16. The molecule has 3 rings (SSSR count). The molecule has 0 bridgehead atoms. The molecule has 1 saturated carbocycles. The number of carbonyl (C=O) groups excluding carboxylic acids is 1. The fraction of sp³-hybridized carbons (Fsp3) is 0.450. The summed E-state index contributed by atoms with van der Waals surface area (Å²) in [6.45, 7) is 3.55. The molecule has 1 fully saturated rings. The zero-order valence-corrected chi connectivity index (χ0v) is 15.2. The molecule has 1 amide bonds. The number of aryl methyl sites for hydroxylation is 2. The molecular weight excluding hydrogens is 333 g/mol. The van der Waals surface area contributed by atoms with Crippen molar-refractivity contribution >= 4 is 11.6 Å². The summed E-state index contributed by atoms with van der Waals surface area (Å²) in [5.74, 6) is 0.251. The Kier molecular flexibility index (Phi) is 5.81. The molecule has 0 spiro atoms. The van der Waals surface area contributed by atoms with Crippen molar-refractivity contribution in [1.29, 1.82) is 0 Å². The number of nitrogens with one attached hydrogen (secondary N) is 1. The van der Waals surface area contributed by atoms with Crippen LogP contribution in [0.2, 0.25) is 0 Å². The Morgan fingerprint density at radius 1 is 1.19 bits per heavy atom. The lowest BCUT2D eigenvalue weighted by molar-refractivity contribution is -0.116. The lowest BCUT2D eigenvalue weighted by Crippen LogP contribution is -2.16. The van der Waals surface area contributed by atoms with E-state index in [0.717, 1.165) is 6.42 Å². The van der Waals surface area contributed by atoms with Crippen LogP contribution in [0.5, 0.6) is 11.8 Å². The largest absolute Gasteiger partial charge is 0.421 e. The van der Waals surface area contributed by atoms with E-state index in [1.807, 2.05) is 0 Å². The first-order valence-electron chi connectivity index (χ1n) is 9.10. The number of carbonyl (C=O) groups is 1. The SMILES string of the molecule is Cc1nc(Oc2ccccc2F)nc(C)c1NC(=O)CCC1CCCC1. The molecule has 6 heteroatoms. The number of hydrogen-bond acceptors (Lipinski definition) is 4. The molecular formula is C20H24FN3O2. The molecule has 1 aliphatic rings. The standard InChI is InChI=1S/C20H24FN3O2/c1-13-19(24-18(25)12-11-15-7-3-4-8-15)14(2)23-20(22-13)26-17-10-6-5-9-16(17)21/h5-6,9-10,15H,3-4,7-8,11-12H2,1-2H3,(H,24,25). The van der Waals surface area contributed by atoms with Crippen LogP contribution in [0.25, 0.3) is 0 Å². The third kappa shape index (κ3) is 4.56. The van der Waals surface area contributed by atoms with Crippen molar-refractivity contribution in [2.45, 2.75) is 52.4 Å². The lowest BCUT2D eigenvalue weighted by atomic mass is 10.0. The van der Waals surface area contributed by atoms with Crippen LogP contribution in [-0.2, 0) is 4.79 Å². The van der Waals surface area contributed by atoms with Gasteiger partial charge >= 0.3 is 6.01 Å². The molecule has 1 aromatic heterocycles. The summed E-state index contributed by atoms with van der Waals surface area (Å²) < 4.78 is 19.1. The van der Waals surface area contributed by atoms with Crippen LogP contribution in [0.4, 0.5) is 10.1 Å². The Bertz CT molecular complexity index is 765. The highest BCUT2D eigenvalue weighted by Crippen LogP contribution is 2.29. The van der Waals surface area contributed by atoms with Crippen LogP contribution in [0.15, 0.2) is 24.3 Å². The number of nitrogens with zero attached hydrogens (tertiary/aromatic N) is 2. The predicted octanol–water partition coefficient (Wildman–Crippen LogP) is 4.93. The summed E-state index contributed by atoms with van der Waals surface area (Å²) in [6.07, 6.45) is 6.47. The average molecular weight is 357 g/mol. The highest BCUT2D eigenvalue weighted by molar-refractivity contribution is 5.91. The van der Waals surface area contributed by atoms with Crippen LogP contribution in [0.3, 0.4) is 0 Å². The minimum absolute atomic E-state index is 0.0190. The maximum absolute atomic E-state index is 13.7. The van der Waals surface area contributed by atoms with E-state index in [-0.39, 0.29) is 17.7 Å². The zero-order chi connectivity index (χ0) is 18.5. The van der Waals surface area contributed by atoms with E-state index < -0.39 is 5.82 Å². The molecule has 2 aromatic rings. The lowest BCUT2D eigenvalue weighted by Gasteiger charge is -2.13. The molecule has 1 N–H and O–H groups in total. The van der Waals surface area contributed by atoms with Crippen molar-refractivity contribution in [3.63, 3.8) is 0 Å². The number of anilines is 1. The van der Waals surface area contributed by atoms with E-state index >= 15 is 0 Å². The van der Waals surface area contributed by atoms with Gasteiger partial charge in [0.05, 0.1) is 17.1 Å². The molecule has 5 nitrogen and oxygen atoms in total. The van der Waals surface area contributed by atoms with E-state index in [0.29, 0.717) is 29.4 Å². The number of benzene rings is 1. The van der Waals surface area contributed by atoms with Gasteiger partial charge in [-0.3, -0.25) is 4.79 Å². The van der Waals surface area contributed by atoms with Gasteiger partial charge in [0, 0.05) is 6.42 Å². The second kappa shape index (κ2) is 8.25. The average Bonchev–Trinajstić information content (AvgIpc) is 3.12. The van der Waals surface area contributed by atoms with Gasteiger partial charge in [-0.15, -0.1) is 0 Å². The summed E-state index contributed by atoms with van der Waals surface area (Å²) >= 11 is 0. The Labute approximate surface area is 153 Å². The Morgan fingerprint density at radius 3 is 2.50 bits per heavy atom. The first kappa shape index (κ1) is 18.3. The molecule has 0 unspecified atom stereocenters. The molecule has 0 radical (unpaired) electrons. The number of aromatic nitrogens is 2. The fourth-order valence-electron chi connectivity index (χ4n) is 3.37. The van der Waals surface area contributed by atoms with Gasteiger partial charge in [-0.1, -0.05) is 37.8 Å². The summed E-state index contributed by atoms with van der Waals surface area (Å²) in [5.41, 5.74) is 1.79. The third-order valence-electron chi connectivity index (χ3n) is 4.81. The van der Waals surface area contributed by atoms with Gasteiger partial charge in [-0.05, 0) is 38.3 Å². The zero-order valence-electron chi connectivity index (χ0n) is 15.2. The van der Waals surface area contributed by atoms with Gasteiger partial charge in [-0.2, -0.15) is 9.97 Å². The number of rotatable bonds is 6. The summed E-state index contributed by atoms with van der Waals surface area (Å²) in [4.78, 5) is 20.7. The molecule has 26 heavy (non-hydrogen) atoms. The molecule has 138 valence electrons. The first-order chi connectivity index (χ1) is 12.5. The molecule has 0 aliphatic heterocycles. The van der Waals surface area contributed by atoms with Crippen LogP contribution < -0.4 is 10.1 Å². The first-order valence-corrected chi connectivity index (χ1v) is 9.10. The van der Waals surface area contributed by atoms with Gasteiger partial charge < -0.3 is 10.1 Å². The number of ether oxygens (including phenoxy) is 1. The molecule has 1 aliphatic carbocycles. The minimum atomic E-state index is -0.476. The predicted molar refractivity (Wildman–Crippen MR) is 97.8 cm³/mol. The van der Waals surface area contributed by atoms with Gasteiger partial charge in [0.1, 0.15) is 0 Å². The van der Waals surface area contributed by atoms with Crippen molar-refractivity contribution in [2.24, 2.45) is 5.92 Å². The number of amides is 1. The Balaban J connectivity index is 1.65. The highest BCUT2D eigenvalue weighted by atomic mass is 19.1. The quantitative estimate of drug-likeness (QED) is 0.796. The van der Waals surface area contributed by atoms with E-state index in [4.69, 9.17) is 4.74 Å². The smallest absolute Gasteiger partial charge is 0.322 e. The topological polar surface area (TPSA) is 64.1 Å².